The molecule has 0 saturated carbocycles. The first-order chi connectivity index (χ1) is 21.2. The Kier molecular flexibility index (Phi) is 7.46. The number of carbonyl (C=O) groups excluding carboxylic acids is 1. The monoisotopic (exact) mass is 622 g/mol. The number of pyridine rings is 1. The molecule has 3 atom stereocenters. The quantitative estimate of drug-likeness (QED) is 0.305. The molecular formula is C33H37F3N6O3. The van der Waals surface area contributed by atoms with E-state index >= 15 is 13.2 Å². The van der Waals surface area contributed by atoms with Crippen LogP contribution in [-0.4, -0.2) is 82.9 Å². The lowest BCUT2D eigenvalue weighted by Crippen LogP contribution is -2.58. The summed E-state index contributed by atoms with van der Waals surface area (Å²) in [7, 11) is 3.62. The van der Waals surface area contributed by atoms with Gasteiger partial charge in [0.25, 0.3) is 5.56 Å². The zero-order valence-corrected chi connectivity index (χ0v) is 26.2. The number of anilines is 1. The van der Waals surface area contributed by atoms with E-state index in [1.54, 1.807) is 35.8 Å². The minimum atomic E-state index is -4.93. The van der Waals surface area contributed by atoms with Crippen LogP contribution in [0.3, 0.4) is 0 Å². The van der Waals surface area contributed by atoms with E-state index < -0.39 is 35.4 Å². The predicted octanol–water partition coefficient (Wildman–Crippen LogP) is 5.29. The van der Waals surface area contributed by atoms with Crippen LogP contribution < -0.4 is 15.2 Å². The number of benzene rings is 2. The average molecular weight is 623 g/mol. The van der Waals surface area contributed by atoms with Gasteiger partial charge in [-0.05, 0) is 77.2 Å². The van der Waals surface area contributed by atoms with E-state index in [1.165, 1.54) is 10.6 Å². The highest BCUT2D eigenvalue weighted by Crippen LogP contribution is 2.49. The second-order valence-corrected chi connectivity index (χ2v) is 12.5. The van der Waals surface area contributed by atoms with Crippen LogP contribution >= 0.6 is 0 Å². The lowest BCUT2D eigenvalue weighted by molar-refractivity contribution is -0.138. The van der Waals surface area contributed by atoms with Crippen LogP contribution in [0.1, 0.15) is 36.7 Å². The van der Waals surface area contributed by atoms with Crippen molar-refractivity contribution in [3.05, 3.63) is 64.1 Å². The number of amides is 1. The molecule has 6 rings (SSSR count). The fourth-order valence-corrected chi connectivity index (χ4v) is 7.09. The molecule has 12 heteroatoms. The fraction of sp³-hybridized carbons (Fsp3) is 0.424. The Balaban J connectivity index is 1.71. The highest BCUT2D eigenvalue weighted by Gasteiger charge is 2.45. The minimum Gasteiger partial charge on any atom is -0.489 e. The van der Waals surface area contributed by atoms with Crippen molar-refractivity contribution in [3.63, 3.8) is 0 Å². The number of piperazine rings is 1. The van der Waals surface area contributed by atoms with Crippen molar-refractivity contribution >= 4 is 33.4 Å². The van der Waals surface area contributed by atoms with Crippen molar-refractivity contribution < 1.29 is 22.7 Å². The standard InChI is InChI=1S/C33H37F3N6O3/c1-8-25(43)40-13-19(4)41(14-18(40)3)29-23-11-10-22(26-17(2)9-12-24-27(26)20(5)37-38-24)31-30(23)42(21(16-45-31)15-39(6)7)32(44)28(29)33(34,35)36/h8-12,18-19,21H,1,13-16H2,2-7H3,(H,37,38)/t18-,19+,21-/m1/s1. The second kappa shape index (κ2) is 10.9. The number of rotatable bonds is 5. The summed E-state index contributed by atoms with van der Waals surface area (Å²) in [6.45, 7) is 11.6. The number of hydrogen-bond donors (Lipinski definition) is 1. The Morgan fingerprint density at radius 3 is 2.56 bits per heavy atom. The van der Waals surface area contributed by atoms with Gasteiger partial charge < -0.3 is 19.4 Å². The van der Waals surface area contributed by atoms with Crippen molar-refractivity contribution in [3.8, 4) is 16.9 Å². The third kappa shape index (κ3) is 4.86. The Hall–Kier alpha value is -4.32. The number of nitrogens with one attached hydrogen (secondary N) is 1. The number of nitrogens with zero attached hydrogens (tertiary/aromatic N) is 5. The molecule has 1 amide bonds. The van der Waals surface area contributed by atoms with E-state index in [-0.39, 0.29) is 36.7 Å². The van der Waals surface area contributed by atoms with E-state index in [0.717, 1.165) is 27.7 Å². The molecule has 4 heterocycles. The summed E-state index contributed by atoms with van der Waals surface area (Å²) in [5.41, 5.74) is 1.91. The van der Waals surface area contributed by atoms with E-state index in [1.807, 2.05) is 45.0 Å². The molecule has 1 N–H and O–H groups in total. The minimum absolute atomic E-state index is 0.0308. The number of hydrogen-bond acceptors (Lipinski definition) is 6. The molecule has 0 bridgehead atoms. The zero-order valence-electron chi connectivity index (χ0n) is 26.2. The molecule has 1 saturated heterocycles. The maximum absolute atomic E-state index is 15.1. The number of aromatic nitrogens is 3. The summed E-state index contributed by atoms with van der Waals surface area (Å²) in [4.78, 5) is 31.9. The van der Waals surface area contributed by atoms with Crippen LogP contribution in [0.4, 0.5) is 18.9 Å². The number of halogens is 3. The largest absolute Gasteiger partial charge is 0.489 e. The highest BCUT2D eigenvalue weighted by atomic mass is 19.4. The van der Waals surface area contributed by atoms with Gasteiger partial charge in [-0.15, -0.1) is 0 Å². The van der Waals surface area contributed by atoms with Gasteiger partial charge in [-0.25, -0.2) is 0 Å². The first kappa shape index (κ1) is 30.7. The Bertz CT molecular complexity index is 1910. The molecule has 2 aromatic heterocycles. The summed E-state index contributed by atoms with van der Waals surface area (Å²) < 4.78 is 53.1. The van der Waals surface area contributed by atoms with Gasteiger partial charge in [0.15, 0.2) is 5.75 Å². The first-order valence-electron chi connectivity index (χ1n) is 15.0. The number of H-pyrrole nitrogens is 1. The Morgan fingerprint density at radius 1 is 1.16 bits per heavy atom. The van der Waals surface area contributed by atoms with E-state index in [9.17, 15) is 9.59 Å². The van der Waals surface area contributed by atoms with Gasteiger partial charge in [0.1, 0.15) is 12.2 Å². The summed E-state index contributed by atoms with van der Waals surface area (Å²) in [5.74, 6) is 0.0811. The average Bonchev–Trinajstić information content (AvgIpc) is 3.35. The Morgan fingerprint density at radius 2 is 1.89 bits per heavy atom. The summed E-state index contributed by atoms with van der Waals surface area (Å²) in [5, 5.41) is 8.61. The van der Waals surface area contributed by atoms with Gasteiger partial charge in [0.05, 0.1) is 22.8 Å². The summed E-state index contributed by atoms with van der Waals surface area (Å²) in [6.07, 6.45) is -3.72. The van der Waals surface area contributed by atoms with E-state index in [4.69, 9.17) is 4.74 Å². The van der Waals surface area contributed by atoms with Crippen LogP contribution in [0.15, 0.2) is 41.7 Å². The molecule has 4 aromatic rings. The molecule has 2 aliphatic heterocycles. The molecule has 238 valence electrons. The van der Waals surface area contributed by atoms with Gasteiger partial charge in [-0.1, -0.05) is 12.6 Å². The second-order valence-electron chi connectivity index (χ2n) is 12.5. The molecule has 2 aliphatic rings. The molecule has 0 radical (unpaired) electrons. The van der Waals surface area contributed by atoms with Crippen molar-refractivity contribution in [2.75, 3.05) is 45.2 Å². The third-order valence-corrected chi connectivity index (χ3v) is 9.05. The molecule has 1 fully saturated rings. The number of carbonyl (C=O) groups is 1. The van der Waals surface area contributed by atoms with Gasteiger partial charge >= 0.3 is 6.18 Å². The predicted molar refractivity (Wildman–Crippen MR) is 169 cm³/mol. The van der Waals surface area contributed by atoms with Crippen LogP contribution in [-0.2, 0) is 11.0 Å². The third-order valence-electron chi connectivity index (χ3n) is 9.05. The van der Waals surface area contributed by atoms with Crippen LogP contribution in [0.25, 0.3) is 32.9 Å². The molecular weight excluding hydrogens is 585 g/mol. The highest BCUT2D eigenvalue weighted by molar-refractivity contribution is 6.06. The lowest BCUT2D eigenvalue weighted by Gasteiger charge is -2.46. The van der Waals surface area contributed by atoms with Gasteiger partial charge in [-0.3, -0.25) is 19.3 Å². The van der Waals surface area contributed by atoms with Gasteiger partial charge in [0.2, 0.25) is 5.91 Å². The lowest BCUT2D eigenvalue weighted by atomic mass is 9.92. The fourth-order valence-electron chi connectivity index (χ4n) is 7.09. The van der Waals surface area contributed by atoms with Crippen molar-refractivity contribution in [1.82, 2.24) is 24.6 Å². The van der Waals surface area contributed by atoms with E-state index in [0.29, 0.717) is 23.4 Å². The van der Waals surface area contributed by atoms with Crippen molar-refractivity contribution in [1.29, 1.82) is 0 Å². The maximum Gasteiger partial charge on any atom is 0.423 e. The first-order valence-corrected chi connectivity index (χ1v) is 15.0. The normalized spacial score (nSPS) is 20.3. The molecule has 0 spiro atoms. The molecule has 9 nitrogen and oxygen atoms in total. The number of aromatic amines is 1. The van der Waals surface area contributed by atoms with Crippen LogP contribution in [0.2, 0.25) is 0 Å². The molecule has 0 unspecified atom stereocenters. The van der Waals surface area contributed by atoms with Gasteiger partial charge in [0, 0.05) is 53.7 Å². The molecule has 2 aromatic carbocycles. The number of alkyl halides is 3. The number of ether oxygens (including phenoxy) is 1. The summed E-state index contributed by atoms with van der Waals surface area (Å²) >= 11 is 0. The number of likely N-dealkylation sites (N-methyl/N-ethyl adjacent to an activating group) is 1. The van der Waals surface area contributed by atoms with Crippen LogP contribution in [0, 0.1) is 13.8 Å². The smallest absolute Gasteiger partial charge is 0.423 e. The topological polar surface area (TPSA) is 86.7 Å². The maximum atomic E-state index is 15.1. The van der Waals surface area contributed by atoms with Crippen molar-refractivity contribution in [2.24, 2.45) is 0 Å². The molecule has 0 aliphatic carbocycles. The zero-order chi connectivity index (χ0) is 32.5. The van der Waals surface area contributed by atoms with Gasteiger partial charge in [-0.2, -0.15) is 18.3 Å². The number of aryl methyl sites for hydroxylation is 2. The van der Waals surface area contributed by atoms with E-state index in [2.05, 4.69) is 16.8 Å². The summed E-state index contributed by atoms with van der Waals surface area (Å²) in [6, 6.07) is 5.76. The SMILES string of the molecule is C=CC(=O)N1C[C@H](C)N(c2c(C(F)(F)F)c(=O)n3c4c(c(-c5c(C)ccc6n[nH]c(C)c56)ccc24)OC[C@H]3CN(C)C)C[C@H]1C. The van der Waals surface area contributed by atoms with Crippen LogP contribution in [0.5, 0.6) is 5.75 Å². The van der Waals surface area contributed by atoms with Crippen molar-refractivity contribution in [2.45, 2.75) is 52.0 Å². The molecule has 45 heavy (non-hydrogen) atoms. The Labute approximate surface area is 258 Å². The number of fused-ring (bicyclic) bond motifs is 1.